The minimum absolute atomic E-state index is 0.117. The van der Waals surface area contributed by atoms with E-state index in [4.69, 9.17) is 14.5 Å². The molecule has 6 heteroatoms. The molecule has 0 aromatic heterocycles. The molecule has 2 aliphatic heterocycles. The summed E-state index contributed by atoms with van der Waals surface area (Å²) in [6, 6.07) is 0. The summed E-state index contributed by atoms with van der Waals surface area (Å²) in [5.74, 6) is 0.874. The third-order valence-corrected chi connectivity index (χ3v) is 4.95. The Kier molecular flexibility index (Phi) is 7.11. The van der Waals surface area contributed by atoms with E-state index in [1.165, 1.54) is 0 Å². The lowest BCUT2D eigenvalue weighted by Crippen LogP contribution is -2.53. The lowest BCUT2D eigenvalue weighted by atomic mass is 9.98. The molecule has 2 N–H and O–H groups in total. The van der Waals surface area contributed by atoms with Gasteiger partial charge in [0.15, 0.2) is 5.96 Å². The van der Waals surface area contributed by atoms with E-state index < -0.39 is 5.60 Å². The minimum atomic E-state index is -0.707. The molecule has 2 unspecified atom stereocenters. The molecule has 2 rings (SSSR count). The van der Waals surface area contributed by atoms with Gasteiger partial charge >= 0.3 is 0 Å². The molecule has 0 radical (unpaired) electrons. The van der Waals surface area contributed by atoms with Crippen molar-refractivity contribution in [1.29, 1.82) is 0 Å². The van der Waals surface area contributed by atoms with Crippen LogP contribution in [-0.4, -0.2) is 73.2 Å². The van der Waals surface area contributed by atoms with Crippen LogP contribution in [0.1, 0.15) is 46.5 Å². The Hall–Kier alpha value is -0.850. The normalized spacial score (nSPS) is 26.6. The molecule has 23 heavy (non-hydrogen) atoms. The van der Waals surface area contributed by atoms with Crippen molar-refractivity contribution in [3.05, 3.63) is 0 Å². The molecule has 2 atom stereocenters. The smallest absolute Gasteiger partial charge is 0.194 e. The average molecular weight is 327 g/mol. The van der Waals surface area contributed by atoms with Gasteiger partial charge in [0.25, 0.3) is 0 Å². The number of hydrogen-bond acceptors (Lipinski definition) is 4. The van der Waals surface area contributed by atoms with Gasteiger partial charge in [-0.25, -0.2) is 0 Å². The van der Waals surface area contributed by atoms with Crippen LogP contribution in [0.5, 0.6) is 0 Å². The topological polar surface area (TPSA) is 66.3 Å². The summed E-state index contributed by atoms with van der Waals surface area (Å²) in [5.41, 5.74) is -0.707. The highest BCUT2D eigenvalue weighted by Crippen LogP contribution is 2.21. The molecule has 2 heterocycles. The van der Waals surface area contributed by atoms with Crippen LogP contribution < -0.4 is 5.32 Å². The number of hydrogen-bond donors (Lipinski definition) is 2. The Labute approximate surface area is 140 Å². The van der Waals surface area contributed by atoms with Gasteiger partial charge in [-0.05, 0) is 32.6 Å². The van der Waals surface area contributed by atoms with Gasteiger partial charge in [-0.2, -0.15) is 0 Å². The van der Waals surface area contributed by atoms with Crippen molar-refractivity contribution in [3.63, 3.8) is 0 Å². The maximum absolute atomic E-state index is 10.5. The molecule has 0 aromatic carbocycles. The molecule has 0 saturated carbocycles. The summed E-state index contributed by atoms with van der Waals surface area (Å²) < 4.78 is 11.7. The van der Waals surface area contributed by atoms with Gasteiger partial charge < -0.3 is 24.8 Å². The SMILES string of the molecule is CCNC(=NCC(O)(CC)CC)N1CCOC(C2CCCO2)C1. The Morgan fingerprint density at radius 2 is 1.96 bits per heavy atom. The van der Waals surface area contributed by atoms with Crippen LogP contribution in [0.25, 0.3) is 0 Å². The van der Waals surface area contributed by atoms with Crippen LogP contribution in [0, 0.1) is 0 Å². The molecule has 6 nitrogen and oxygen atoms in total. The van der Waals surface area contributed by atoms with Crippen LogP contribution in [0.2, 0.25) is 0 Å². The van der Waals surface area contributed by atoms with Crippen molar-refractivity contribution < 1.29 is 14.6 Å². The van der Waals surface area contributed by atoms with Crippen molar-refractivity contribution >= 4 is 5.96 Å². The zero-order valence-electron chi connectivity index (χ0n) is 14.9. The lowest BCUT2D eigenvalue weighted by Gasteiger charge is -2.37. The second-order valence-electron chi connectivity index (χ2n) is 6.51. The highest BCUT2D eigenvalue weighted by atomic mass is 16.5. The molecular weight excluding hydrogens is 294 g/mol. The summed E-state index contributed by atoms with van der Waals surface area (Å²) in [7, 11) is 0. The Bertz CT molecular complexity index is 379. The zero-order chi connectivity index (χ0) is 16.7. The second-order valence-corrected chi connectivity index (χ2v) is 6.51. The first-order valence-corrected chi connectivity index (χ1v) is 9.10. The van der Waals surface area contributed by atoms with E-state index in [1.807, 2.05) is 13.8 Å². The first-order chi connectivity index (χ1) is 11.1. The third kappa shape index (κ3) is 5.06. The number of aliphatic hydroxyl groups is 1. The van der Waals surface area contributed by atoms with Gasteiger partial charge in [-0.15, -0.1) is 0 Å². The van der Waals surface area contributed by atoms with Crippen molar-refractivity contribution in [2.45, 2.75) is 64.3 Å². The van der Waals surface area contributed by atoms with Crippen LogP contribution in [0.15, 0.2) is 4.99 Å². The number of rotatable bonds is 6. The van der Waals surface area contributed by atoms with Crippen LogP contribution >= 0.6 is 0 Å². The summed E-state index contributed by atoms with van der Waals surface area (Å²) in [4.78, 5) is 6.94. The number of nitrogens with one attached hydrogen (secondary N) is 1. The molecule has 0 aromatic rings. The van der Waals surface area contributed by atoms with Crippen molar-refractivity contribution in [2.24, 2.45) is 4.99 Å². The Morgan fingerprint density at radius 1 is 1.22 bits per heavy atom. The molecule has 2 fully saturated rings. The van der Waals surface area contributed by atoms with Gasteiger partial charge in [-0.1, -0.05) is 13.8 Å². The summed E-state index contributed by atoms with van der Waals surface area (Å²) >= 11 is 0. The molecular formula is C17H33N3O3. The lowest BCUT2D eigenvalue weighted by molar-refractivity contribution is -0.0817. The summed E-state index contributed by atoms with van der Waals surface area (Å²) in [6.07, 6.45) is 3.97. The number of nitrogens with zero attached hydrogens (tertiary/aromatic N) is 2. The maximum Gasteiger partial charge on any atom is 0.194 e. The molecule has 0 spiro atoms. The number of ether oxygens (including phenoxy) is 2. The first kappa shape index (κ1) is 18.5. The molecule has 134 valence electrons. The van der Waals surface area contributed by atoms with E-state index in [1.54, 1.807) is 0 Å². The standard InChI is InChI=1S/C17H33N3O3/c1-4-17(21,5-2)13-19-16(18-6-3)20-9-11-23-15(12-20)14-8-7-10-22-14/h14-15,21H,4-13H2,1-3H3,(H,18,19). The van der Waals surface area contributed by atoms with E-state index >= 15 is 0 Å². The number of aliphatic imine (C=N–C) groups is 1. The number of guanidine groups is 1. The monoisotopic (exact) mass is 327 g/mol. The average Bonchev–Trinajstić information content (AvgIpc) is 3.13. The van der Waals surface area contributed by atoms with Crippen molar-refractivity contribution in [2.75, 3.05) is 39.4 Å². The fourth-order valence-corrected chi connectivity index (χ4v) is 3.11. The van der Waals surface area contributed by atoms with Crippen LogP contribution in [0.3, 0.4) is 0 Å². The van der Waals surface area contributed by atoms with Gasteiger partial charge in [-0.3, -0.25) is 4.99 Å². The Balaban J connectivity index is 2.00. The summed E-state index contributed by atoms with van der Waals surface area (Å²) in [6.45, 7) is 10.5. The van der Waals surface area contributed by atoms with Crippen LogP contribution in [-0.2, 0) is 9.47 Å². The quantitative estimate of drug-likeness (QED) is 0.570. The van der Waals surface area contributed by atoms with Crippen molar-refractivity contribution in [1.82, 2.24) is 10.2 Å². The molecule has 2 saturated heterocycles. The van der Waals surface area contributed by atoms with Crippen molar-refractivity contribution in [3.8, 4) is 0 Å². The second kappa shape index (κ2) is 8.85. The van der Waals surface area contributed by atoms with Gasteiger partial charge in [0.05, 0.1) is 24.9 Å². The first-order valence-electron chi connectivity index (χ1n) is 9.10. The number of morpholine rings is 1. The highest BCUT2D eigenvalue weighted by molar-refractivity contribution is 5.80. The largest absolute Gasteiger partial charge is 0.388 e. The third-order valence-electron chi connectivity index (χ3n) is 4.95. The predicted octanol–water partition coefficient (Wildman–Crippen LogP) is 1.38. The van der Waals surface area contributed by atoms with E-state index in [-0.39, 0.29) is 12.2 Å². The van der Waals surface area contributed by atoms with E-state index in [9.17, 15) is 5.11 Å². The fourth-order valence-electron chi connectivity index (χ4n) is 3.11. The summed E-state index contributed by atoms with van der Waals surface area (Å²) in [5, 5.41) is 13.8. The highest BCUT2D eigenvalue weighted by Gasteiger charge is 2.32. The van der Waals surface area contributed by atoms with Gasteiger partial charge in [0.1, 0.15) is 6.10 Å². The van der Waals surface area contributed by atoms with Crippen LogP contribution in [0.4, 0.5) is 0 Å². The zero-order valence-corrected chi connectivity index (χ0v) is 14.9. The van der Waals surface area contributed by atoms with E-state index in [0.717, 1.165) is 45.0 Å². The maximum atomic E-state index is 10.5. The van der Waals surface area contributed by atoms with E-state index in [0.29, 0.717) is 26.0 Å². The van der Waals surface area contributed by atoms with E-state index in [2.05, 4.69) is 17.1 Å². The minimum Gasteiger partial charge on any atom is -0.388 e. The van der Waals surface area contributed by atoms with Gasteiger partial charge in [0.2, 0.25) is 0 Å². The molecule has 0 amide bonds. The fraction of sp³-hybridized carbons (Fsp3) is 0.941. The van der Waals surface area contributed by atoms with Gasteiger partial charge in [0, 0.05) is 26.2 Å². The molecule has 0 bridgehead atoms. The molecule has 2 aliphatic rings. The Morgan fingerprint density at radius 3 is 2.57 bits per heavy atom. The predicted molar refractivity (Wildman–Crippen MR) is 91.8 cm³/mol. The molecule has 0 aliphatic carbocycles.